The van der Waals surface area contributed by atoms with Crippen molar-refractivity contribution in [1.29, 1.82) is 0 Å². The number of anilines is 2. The topological polar surface area (TPSA) is 94.0 Å². The third-order valence-electron chi connectivity index (χ3n) is 4.04. The minimum absolute atomic E-state index is 0.0385. The molecule has 0 saturated heterocycles. The monoisotopic (exact) mass is 402 g/mol. The van der Waals surface area contributed by atoms with E-state index in [1.54, 1.807) is 24.8 Å². The maximum absolute atomic E-state index is 14.5. The smallest absolute Gasteiger partial charge is 0.251 e. The quantitative estimate of drug-likeness (QED) is 0.526. The highest BCUT2D eigenvalue weighted by molar-refractivity contribution is 7.78. The molecule has 2 N–H and O–H groups in total. The van der Waals surface area contributed by atoms with Crippen LogP contribution >= 0.6 is 12.8 Å². The van der Waals surface area contributed by atoms with Gasteiger partial charge in [-0.15, -0.1) is 0 Å². The van der Waals surface area contributed by atoms with Crippen molar-refractivity contribution in [2.45, 2.75) is 12.8 Å². The first kappa shape index (κ1) is 19.6. The fourth-order valence-corrected chi connectivity index (χ4v) is 2.77. The van der Waals surface area contributed by atoms with E-state index in [0.29, 0.717) is 35.6 Å². The third-order valence-corrected chi connectivity index (χ3v) is 4.26. The number of hydrogen-bond donors (Lipinski definition) is 3. The minimum atomic E-state index is -0.474. The van der Waals surface area contributed by atoms with Gasteiger partial charge >= 0.3 is 0 Å². The van der Waals surface area contributed by atoms with E-state index in [9.17, 15) is 9.18 Å². The van der Waals surface area contributed by atoms with E-state index in [0.717, 1.165) is 5.56 Å². The lowest BCUT2D eigenvalue weighted by Crippen LogP contribution is -2.18. The molecule has 0 fully saturated rings. The normalized spacial score (nSPS) is 10.6. The summed E-state index contributed by atoms with van der Waals surface area (Å²) in [5, 5.41) is 9.46. The molecule has 0 aliphatic heterocycles. The minimum Gasteiger partial charge on any atom is -0.494 e. The summed E-state index contributed by atoms with van der Waals surface area (Å²) in [4.78, 5) is 20.4. The van der Waals surface area contributed by atoms with Crippen LogP contribution in [0.5, 0.6) is 5.75 Å². The van der Waals surface area contributed by atoms with Crippen molar-refractivity contribution in [3.63, 3.8) is 0 Å². The molecule has 2 heterocycles. The van der Waals surface area contributed by atoms with Gasteiger partial charge in [-0.3, -0.25) is 4.79 Å². The molecule has 3 rings (SSSR count). The van der Waals surface area contributed by atoms with Crippen molar-refractivity contribution in [2.24, 2.45) is 0 Å². The Morgan fingerprint density at radius 2 is 2.00 bits per heavy atom. The van der Waals surface area contributed by atoms with Crippen molar-refractivity contribution in [1.82, 2.24) is 24.5 Å². The number of rotatable bonds is 7. The molecule has 0 spiro atoms. The van der Waals surface area contributed by atoms with Crippen LogP contribution in [0.15, 0.2) is 36.9 Å². The molecule has 1 amide bonds. The first-order valence-electron chi connectivity index (χ1n) is 8.40. The average Bonchev–Trinajstić information content (AvgIpc) is 3.12. The highest BCUT2D eigenvalue weighted by atomic mass is 32.1. The van der Waals surface area contributed by atoms with E-state index in [2.05, 4.69) is 38.5 Å². The van der Waals surface area contributed by atoms with E-state index >= 15 is 0 Å². The molecule has 0 bridgehead atoms. The molecule has 0 radical (unpaired) electrons. The van der Waals surface area contributed by atoms with Crippen LogP contribution in [0.4, 0.5) is 16.0 Å². The number of methoxy groups -OCH3 is 1. The highest BCUT2D eigenvalue weighted by Crippen LogP contribution is 2.24. The number of thiol groups is 1. The highest BCUT2D eigenvalue weighted by Gasteiger charge is 2.15. The van der Waals surface area contributed by atoms with E-state index in [1.165, 1.54) is 30.4 Å². The number of nitrogens with zero attached hydrogens (tertiary/aromatic N) is 4. The van der Waals surface area contributed by atoms with Gasteiger partial charge in [-0.1, -0.05) is 0 Å². The Bertz CT molecular complexity index is 977. The first-order chi connectivity index (χ1) is 13.5. The molecule has 0 unspecified atom stereocenters. The summed E-state index contributed by atoms with van der Waals surface area (Å²) in [7, 11) is 2.89. The van der Waals surface area contributed by atoms with Gasteiger partial charge in [0.2, 0.25) is 5.95 Å². The van der Waals surface area contributed by atoms with E-state index in [-0.39, 0.29) is 11.7 Å². The average molecular weight is 402 g/mol. The molecule has 10 heteroatoms. The summed E-state index contributed by atoms with van der Waals surface area (Å²) in [6, 6.07) is 2.91. The van der Waals surface area contributed by atoms with Gasteiger partial charge in [-0.05, 0) is 48.9 Å². The third kappa shape index (κ3) is 4.58. The molecule has 3 aromatic rings. The molecule has 146 valence electrons. The second kappa shape index (κ2) is 8.70. The summed E-state index contributed by atoms with van der Waals surface area (Å²) in [5.41, 5.74) is 2.28. The summed E-state index contributed by atoms with van der Waals surface area (Å²) in [6.07, 6.45) is 7.48. The van der Waals surface area contributed by atoms with Gasteiger partial charge in [0.15, 0.2) is 11.6 Å². The summed E-state index contributed by atoms with van der Waals surface area (Å²) in [6.45, 7) is 0. The number of carbonyl (C=O) groups excluding carboxylic acids is 1. The lowest BCUT2D eigenvalue weighted by molar-refractivity contribution is 0.0962. The van der Waals surface area contributed by atoms with Gasteiger partial charge in [0.05, 0.1) is 25.2 Å². The molecule has 28 heavy (non-hydrogen) atoms. The SMILES string of the molecule is CNC(=O)c1cc(CCc2cnc(Nc3cnn(S)c3)nc2)c(F)c(OC)c1. The fraction of sp³-hybridized carbons (Fsp3) is 0.222. The maximum Gasteiger partial charge on any atom is 0.251 e. The molecule has 0 atom stereocenters. The van der Waals surface area contributed by atoms with Crippen LogP contribution < -0.4 is 15.4 Å². The number of nitrogens with one attached hydrogen (secondary N) is 2. The number of halogens is 1. The molecular formula is C18H19FN6O2S. The molecule has 0 aliphatic rings. The Morgan fingerprint density at radius 1 is 1.25 bits per heavy atom. The lowest BCUT2D eigenvalue weighted by atomic mass is 10.0. The predicted molar refractivity (Wildman–Crippen MR) is 106 cm³/mol. The number of aromatic nitrogens is 4. The molecule has 2 aromatic heterocycles. The van der Waals surface area contributed by atoms with Crippen LogP contribution in [0.3, 0.4) is 0 Å². The molecule has 0 aliphatic carbocycles. The zero-order valence-electron chi connectivity index (χ0n) is 15.3. The number of amides is 1. The van der Waals surface area contributed by atoms with Crippen molar-refractivity contribution < 1.29 is 13.9 Å². The predicted octanol–water partition coefficient (Wildman–Crippen LogP) is 2.40. The van der Waals surface area contributed by atoms with Crippen molar-refractivity contribution in [2.75, 3.05) is 19.5 Å². The number of aryl methyl sites for hydroxylation is 2. The van der Waals surface area contributed by atoms with Crippen LogP contribution in [0.25, 0.3) is 0 Å². The Morgan fingerprint density at radius 3 is 2.61 bits per heavy atom. The van der Waals surface area contributed by atoms with Crippen LogP contribution in [-0.4, -0.2) is 39.2 Å². The standard InChI is InChI=1S/C18H19FN6O2S/c1-20-17(26)13-5-12(16(19)15(6-13)27-2)4-3-11-7-21-18(22-8-11)24-14-9-23-25(28)10-14/h5-10,28H,3-4H2,1-2H3,(H,20,26)(H,21,22,24). The number of hydrogen-bond acceptors (Lipinski definition) is 7. The number of ether oxygens (including phenoxy) is 1. The number of benzene rings is 1. The van der Waals surface area contributed by atoms with Crippen molar-refractivity contribution in [3.8, 4) is 5.75 Å². The summed E-state index contributed by atoms with van der Waals surface area (Å²) < 4.78 is 20.9. The molecule has 1 aromatic carbocycles. The van der Waals surface area contributed by atoms with Gasteiger partial charge in [0.25, 0.3) is 5.91 Å². The largest absolute Gasteiger partial charge is 0.494 e. The van der Waals surface area contributed by atoms with E-state index in [1.807, 2.05) is 0 Å². The second-order valence-electron chi connectivity index (χ2n) is 5.92. The first-order valence-corrected chi connectivity index (χ1v) is 8.80. The van der Waals surface area contributed by atoms with Crippen molar-refractivity contribution >= 4 is 30.4 Å². The second-order valence-corrected chi connectivity index (χ2v) is 6.33. The summed E-state index contributed by atoms with van der Waals surface area (Å²) >= 11 is 4.06. The van der Waals surface area contributed by atoms with Gasteiger partial charge < -0.3 is 15.4 Å². The maximum atomic E-state index is 14.5. The Balaban J connectivity index is 1.70. The summed E-state index contributed by atoms with van der Waals surface area (Å²) in [5.74, 6) is -0.322. The Hall–Kier alpha value is -3.14. The van der Waals surface area contributed by atoms with E-state index in [4.69, 9.17) is 4.74 Å². The van der Waals surface area contributed by atoms with Gasteiger partial charge in [0, 0.05) is 25.0 Å². The zero-order chi connectivity index (χ0) is 20.1. The van der Waals surface area contributed by atoms with Crippen LogP contribution in [0.1, 0.15) is 21.5 Å². The molecule has 8 nitrogen and oxygen atoms in total. The lowest BCUT2D eigenvalue weighted by Gasteiger charge is -2.11. The molecular weight excluding hydrogens is 383 g/mol. The van der Waals surface area contributed by atoms with Crippen LogP contribution in [0.2, 0.25) is 0 Å². The Labute approximate surface area is 166 Å². The van der Waals surface area contributed by atoms with Gasteiger partial charge in [0.1, 0.15) is 0 Å². The van der Waals surface area contributed by atoms with Crippen molar-refractivity contribution in [3.05, 3.63) is 59.4 Å². The fourth-order valence-electron chi connectivity index (χ4n) is 2.59. The van der Waals surface area contributed by atoms with E-state index < -0.39 is 5.82 Å². The number of carbonyl (C=O) groups is 1. The van der Waals surface area contributed by atoms with Gasteiger partial charge in [-0.2, -0.15) is 5.10 Å². The van der Waals surface area contributed by atoms with Gasteiger partial charge in [-0.25, -0.2) is 18.4 Å². The van der Waals surface area contributed by atoms with Crippen LogP contribution in [-0.2, 0) is 12.8 Å². The zero-order valence-corrected chi connectivity index (χ0v) is 16.2. The van der Waals surface area contributed by atoms with Crippen LogP contribution in [0, 0.1) is 5.82 Å². The molecule has 0 saturated carbocycles. The Kier molecular flexibility index (Phi) is 6.09.